The van der Waals surface area contributed by atoms with E-state index in [1.165, 1.54) is 0 Å². The van der Waals surface area contributed by atoms with Crippen LogP contribution in [-0.4, -0.2) is 56.0 Å². The molecule has 0 aliphatic carbocycles. The molecule has 0 aromatic carbocycles. The predicted octanol–water partition coefficient (Wildman–Crippen LogP) is 1.63. The van der Waals surface area contributed by atoms with Crippen molar-refractivity contribution in [3.05, 3.63) is 0 Å². The fourth-order valence-corrected chi connectivity index (χ4v) is 2.99. The van der Waals surface area contributed by atoms with Gasteiger partial charge in [-0.2, -0.15) is 0 Å². The smallest absolute Gasteiger partial charge is 0.0670 e. The molecule has 0 saturated carbocycles. The maximum absolute atomic E-state index is 6.11. The Balaban J connectivity index is 2.84. The lowest BCUT2D eigenvalue weighted by Gasteiger charge is -2.52. The number of ether oxygens (including phenoxy) is 2. The number of nitrogens with two attached hydrogens (primary N) is 1. The summed E-state index contributed by atoms with van der Waals surface area (Å²) in [6.07, 6.45) is 3.03. The van der Waals surface area contributed by atoms with Crippen LogP contribution in [0.15, 0.2) is 0 Å². The van der Waals surface area contributed by atoms with E-state index >= 15 is 0 Å². The number of rotatable bonds is 6. The second-order valence-electron chi connectivity index (χ2n) is 5.92. The summed E-state index contributed by atoms with van der Waals surface area (Å²) in [5.41, 5.74) is 6.11. The highest BCUT2D eigenvalue weighted by atomic mass is 16.5. The van der Waals surface area contributed by atoms with Crippen molar-refractivity contribution in [1.82, 2.24) is 4.90 Å². The van der Waals surface area contributed by atoms with E-state index in [0.717, 1.165) is 32.5 Å². The zero-order valence-corrected chi connectivity index (χ0v) is 12.7. The Kier molecular flexibility index (Phi) is 5.59. The molecule has 0 aromatic rings. The van der Waals surface area contributed by atoms with Crippen molar-refractivity contribution in [1.29, 1.82) is 0 Å². The Morgan fingerprint density at radius 1 is 1.50 bits per heavy atom. The van der Waals surface area contributed by atoms with E-state index in [2.05, 4.69) is 32.7 Å². The van der Waals surface area contributed by atoms with Crippen molar-refractivity contribution >= 4 is 0 Å². The van der Waals surface area contributed by atoms with Gasteiger partial charge in [-0.05, 0) is 40.2 Å². The molecule has 0 spiro atoms. The van der Waals surface area contributed by atoms with Gasteiger partial charge in [0.15, 0.2) is 0 Å². The van der Waals surface area contributed by atoms with Crippen LogP contribution in [0.1, 0.15) is 40.0 Å². The van der Waals surface area contributed by atoms with Gasteiger partial charge in [-0.3, -0.25) is 4.90 Å². The molecule has 0 amide bonds. The van der Waals surface area contributed by atoms with Gasteiger partial charge in [0.05, 0.1) is 12.2 Å². The molecule has 1 aliphatic heterocycles. The molecule has 1 rings (SSSR count). The van der Waals surface area contributed by atoms with Crippen LogP contribution >= 0.6 is 0 Å². The summed E-state index contributed by atoms with van der Waals surface area (Å²) in [4.78, 5) is 2.40. The molecule has 3 unspecified atom stereocenters. The minimum atomic E-state index is -0.0430. The summed E-state index contributed by atoms with van der Waals surface area (Å²) in [5, 5.41) is 0. The fourth-order valence-electron chi connectivity index (χ4n) is 2.99. The zero-order valence-electron chi connectivity index (χ0n) is 12.7. The third kappa shape index (κ3) is 3.23. The average Bonchev–Trinajstić information content (AvgIpc) is 2.38. The van der Waals surface area contributed by atoms with Crippen molar-refractivity contribution < 1.29 is 9.47 Å². The lowest BCUT2D eigenvalue weighted by molar-refractivity contribution is -0.133. The Morgan fingerprint density at radius 3 is 2.67 bits per heavy atom. The van der Waals surface area contributed by atoms with Gasteiger partial charge in [-0.25, -0.2) is 0 Å². The lowest BCUT2D eigenvalue weighted by atomic mass is 9.77. The van der Waals surface area contributed by atoms with Crippen molar-refractivity contribution in [3.63, 3.8) is 0 Å². The van der Waals surface area contributed by atoms with Crippen LogP contribution in [-0.2, 0) is 9.47 Å². The van der Waals surface area contributed by atoms with E-state index in [9.17, 15) is 0 Å². The molecule has 4 nitrogen and oxygen atoms in total. The molecular formula is C14H30N2O2. The van der Waals surface area contributed by atoms with Gasteiger partial charge < -0.3 is 15.2 Å². The first-order chi connectivity index (χ1) is 8.43. The zero-order chi connectivity index (χ0) is 13.8. The van der Waals surface area contributed by atoms with Gasteiger partial charge in [0.2, 0.25) is 0 Å². The molecule has 2 N–H and O–H groups in total. The van der Waals surface area contributed by atoms with E-state index in [-0.39, 0.29) is 11.1 Å². The van der Waals surface area contributed by atoms with E-state index in [1.807, 2.05) is 0 Å². The molecule has 1 saturated heterocycles. The molecule has 4 heteroatoms. The molecular weight excluding hydrogens is 228 g/mol. The molecule has 18 heavy (non-hydrogen) atoms. The Hall–Kier alpha value is -0.160. The number of nitrogens with zero attached hydrogens (tertiary/aromatic N) is 1. The van der Waals surface area contributed by atoms with Crippen LogP contribution in [0.4, 0.5) is 0 Å². The van der Waals surface area contributed by atoms with Crippen LogP contribution < -0.4 is 5.73 Å². The van der Waals surface area contributed by atoms with Crippen molar-refractivity contribution in [2.24, 2.45) is 5.73 Å². The topological polar surface area (TPSA) is 47.7 Å². The van der Waals surface area contributed by atoms with Crippen LogP contribution in [0.5, 0.6) is 0 Å². The highest BCUT2D eigenvalue weighted by Gasteiger charge is 2.45. The van der Waals surface area contributed by atoms with Crippen molar-refractivity contribution in [2.75, 3.05) is 33.9 Å². The molecule has 0 aromatic heterocycles. The predicted molar refractivity (Wildman–Crippen MR) is 74.8 cm³/mol. The summed E-state index contributed by atoms with van der Waals surface area (Å²) in [5.74, 6) is 0. The van der Waals surface area contributed by atoms with Crippen LogP contribution in [0.2, 0.25) is 0 Å². The van der Waals surface area contributed by atoms with Crippen LogP contribution in [0.25, 0.3) is 0 Å². The summed E-state index contributed by atoms with van der Waals surface area (Å²) in [6.45, 7) is 8.79. The first-order valence-corrected chi connectivity index (χ1v) is 6.99. The van der Waals surface area contributed by atoms with Gasteiger partial charge in [0, 0.05) is 31.8 Å². The van der Waals surface area contributed by atoms with Gasteiger partial charge in [-0.1, -0.05) is 6.92 Å². The monoisotopic (exact) mass is 258 g/mol. The van der Waals surface area contributed by atoms with Gasteiger partial charge in [0.1, 0.15) is 0 Å². The Morgan fingerprint density at radius 2 is 2.17 bits per heavy atom. The van der Waals surface area contributed by atoms with E-state index in [0.29, 0.717) is 12.6 Å². The van der Waals surface area contributed by atoms with Crippen LogP contribution in [0.3, 0.4) is 0 Å². The van der Waals surface area contributed by atoms with E-state index in [4.69, 9.17) is 15.2 Å². The maximum Gasteiger partial charge on any atom is 0.0670 e. The molecule has 1 heterocycles. The second kappa shape index (κ2) is 6.33. The SMILES string of the molecule is CCC1(C)CC(CN)(N(C)C(C)COC)CCO1. The third-order valence-corrected chi connectivity index (χ3v) is 4.67. The first-order valence-electron chi connectivity index (χ1n) is 6.99. The van der Waals surface area contributed by atoms with Gasteiger partial charge in [0.25, 0.3) is 0 Å². The van der Waals surface area contributed by atoms with Gasteiger partial charge >= 0.3 is 0 Å². The normalized spacial score (nSPS) is 34.8. The number of methoxy groups -OCH3 is 1. The fraction of sp³-hybridized carbons (Fsp3) is 1.00. The van der Waals surface area contributed by atoms with E-state index in [1.54, 1.807) is 7.11 Å². The highest BCUT2D eigenvalue weighted by molar-refractivity contribution is 5.00. The quantitative estimate of drug-likeness (QED) is 0.786. The Bertz CT molecular complexity index is 262. The number of hydrogen-bond donors (Lipinski definition) is 1. The minimum absolute atomic E-state index is 0.0426. The molecule has 108 valence electrons. The molecule has 1 fully saturated rings. The number of likely N-dealkylation sites (N-methyl/N-ethyl adjacent to an activating group) is 1. The van der Waals surface area contributed by atoms with Crippen molar-refractivity contribution in [3.8, 4) is 0 Å². The first kappa shape index (κ1) is 15.9. The average molecular weight is 258 g/mol. The molecule has 1 aliphatic rings. The third-order valence-electron chi connectivity index (χ3n) is 4.67. The highest BCUT2D eigenvalue weighted by Crippen LogP contribution is 2.38. The summed E-state index contributed by atoms with van der Waals surface area (Å²) < 4.78 is 11.2. The molecule has 3 atom stereocenters. The summed E-state index contributed by atoms with van der Waals surface area (Å²) in [6, 6.07) is 0.373. The summed E-state index contributed by atoms with van der Waals surface area (Å²) in [7, 11) is 3.91. The van der Waals surface area contributed by atoms with Crippen molar-refractivity contribution in [2.45, 2.75) is 57.2 Å². The van der Waals surface area contributed by atoms with Gasteiger partial charge in [-0.15, -0.1) is 0 Å². The summed E-state index contributed by atoms with van der Waals surface area (Å²) >= 11 is 0. The molecule has 0 bridgehead atoms. The van der Waals surface area contributed by atoms with Crippen LogP contribution in [0, 0.1) is 0 Å². The standard InChI is InChI=1S/C14H30N2O2/c1-6-13(3)10-14(11-15,7-8-18-13)16(4)12(2)9-17-5/h12H,6-11,15H2,1-5H3. The lowest BCUT2D eigenvalue weighted by Crippen LogP contribution is -2.62. The second-order valence-corrected chi connectivity index (χ2v) is 5.92. The largest absolute Gasteiger partial charge is 0.383 e. The molecule has 0 radical (unpaired) electrons. The maximum atomic E-state index is 6.11. The number of hydrogen-bond acceptors (Lipinski definition) is 4. The van der Waals surface area contributed by atoms with E-state index < -0.39 is 0 Å². The minimum Gasteiger partial charge on any atom is -0.383 e. The Labute approximate surface area is 112 Å².